The van der Waals surface area contributed by atoms with E-state index in [1.165, 1.54) is 14.2 Å². The predicted octanol–water partition coefficient (Wildman–Crippen LogP) is 5.95. The zero-order valence-corrected chi connectivity index (χ0v) is 56.6. The molecule has 0 saturated carbocycles. The van der Waals surface area contributed by atoms with Gasteiger partial charge in [-0.05, 0) is 36.8 Å². The smallest absolute Gasteiger partial charge is 0.209 e. The first-order chi connectivity index (χ1) is 32.5. The van der Waals surface area contributed by atoms with E-state index in [4.69, 9.17) is 43.6 Å². The Balaban J connectivity index is -0.000000188. The molecule has 72 heavy (non-hydrogen) atoms. The molecule has 0 heterocycles. The molecule has 0 spiro atoms. The minimum Gasteiger partial charge on any atom is -0.497 e. The normalized spacial score (nSPS) is 9.89. The van der Waals surface area contributed by atoms with Crippen LogP contribution in [0, 0.1) is 21.0 Å². The van der Waals surface area contributed by atoms with E-state index in [-0.39, 0.29) is 111 Å². The number of methoxy groups -OCH3 is 8. The van der Waals surface area contributed by atoms with Gasteiger partial charge in [0.1, 0.15) is 46.0 Å². The van der Waals surface area contributed by atoms with E-state index in [0.717, 1.165) is 74.9 Å². The van der Waals surface area contributed by atoms with Crippen molar-refractivity contribution in [3.05, 3.63) is 116 Å². The third kappa shape index (κ3) is 37.6. The molecule has 0 unspecified atom stereocenters. The van der Waals surface area contributed by atoms with Gasteiger partial charge in [0.2, 0.25) is 10.0 Å². The summed E-state index contributed by atoms with van der Waals surface area (Å²) in [4.78, 5) is 0. The van der Waals surface area contributed by atoms with Crippen LogP contribution in [0.3, 0.4) is 0 Å². The van der Waals surface area contributed by atoms with Crippen LogP contribution >= 0.6 is 24.6 Å². The van der Waals surface area contributed by atoms with Crippen LogP contribution in [0.4, 0.5) is 0 Å². The van der Waals surface area contributed by atoms with Gasteiger partial charge in [-0.15, -0.1) is 0 Å². The Hall–Kier alpha value is -1.06. The molecule has 0 aromatic heterocycles. The maximum atomic E-state index is 11.3. The first kappa shape index (κ1) is 82.3. The zero-order chi connectivity index (χ0) is 53.8. The van der Waals surface area contributed by atoms with Crippen molar-refractivity contribution < 1.29 is 161 Å². The first-order valence-corrected chi connectivity index (χ1v) is 27.7. The van der Waals surface area contributed by atoms with Crippen molar-refractivity contribution in [1.82, 2.24) is 18.5 Å². The number of benzene rings is 4. The molecule has 0 aliphatic carbocycles. The van der Waals surface area contributed by atoms with Gasteiger partial charge in [0.25, 0.3) is 0 Å². The van der Waals surface area contributed by atoms with Crippen LogP contribution in [-0.2, 0) is 154 Å². The second kappa shape index (κ2) is 47.2. The molecular weight excluding hydrogens is 1260 g/mol. The summed E-state index contributed by atoms with van der Waals surface area (Å²) in [6.45, 7) is 6.62. The Kier molecular flexibility index (Phi) is 53.9. The SMILES string of the molecule is COc1ccc(CN)c(OC)c1.COc1ccc(CNS(C)(=O)=O)c(OC)c1.COc1ccc(CNSC)c(OC)c1.CS.[CH2-]C.[CH2-]N(Cc1ccc(OC)cc1OC)S(C)(=O)=O.[CH2-]NS(C)(=O)=O.[Y].[Y].[Y]. The predicted molar refractivity (Wildman–Crippen MR) is 283 cm³/mol. The number of rotatable bonds is 19. The van der Waals surface area contributed by atoms with Crippen LogP contribution in [0.15, 0.2) is 72.8 Å². The maximum Gasteiger partial charge on any atom is 0.209 e. The topological polar surface area (TPSA) is 242 Å². The van der Waals surface area contributed by atoms with Crippen molar-refractivity contribution in [3.8, 4) is 46.0 Å². The molecule has 4 aromatic rings. The van der Waals surface area contributed by atoms with E-state index in [9.17, 15) is 25.3 Å². The van der Waals surface area contributed by atoms with E-state index in [1.54, 1.807) is 104 Å². The molecule has 27 heteroatoms. The van der Waals surface area contributed by atoms with Gasteiger partial charge in [-0.1, -0.05) is 36.2 Å². The summed E-state index contributed by atoms with van der Waals surface area (Å²) in [6, 6.07) is 21.8. The summed E-state index contributed by atoms with van der Waals surface area (Å²) in [7, 11) is 9.58. The number of nitrogens with zero attached hydrogens (tertiary/aromatic N) is 1. The molecule has 0 atom stereocenters. The summed E-state index contributed by atoms with van der Waals surface area (Å²) in [5.74, 6) is 5.71. The van der Waals surface area contributed by atoms with Gasteiger partial charge in [0.05, 0.1) is 75.6 Å². The molecule has 0 fully saturated rings. The van der Waals surface area contributed by atoms with Crippen molar-refractivity contribution in [1.29, 1.82) is 0 Å². The molecule has 0 bridgehead atoms. The number of nitrogens with one attached hydrogen (secondary N) is 3. The summed E-state index contributed by atoms with van der Waals surface area (Å²) in [5.41, 5.74) is 9.10. The Morgan fingerprint density at radius 2 is 0.833 bits per heavy atom. The number of hydrogen-bond donors (Lipinski definition) is 5. The minimum absolute atomic E-state index is 0. The average molecular weight is 1340 g/mol. The van der Waals surface area contributed by atoms with Gasteiger partial charge >= 0.3 is 0 Å². The number of nitrogens with two attached hydrogens (primary N) is 1. The molecule has 3 radical (unpaired) electrons. The monoisotopic (exact) mass is 1340 g/mol. The van der Waals surface area contributed by atoms with Gasteiger partial charge in [0, 0.05) is 171 Å². The van der Waals surface area contributed by atoms with Crippen LogP contribution in [0.1, 0.15) is 29.2 Å². The number of thiol groups is 1. The van der Waals surface area contributed by atoms with Crippen molar-refractivity contribution in [2.24, 2.45) is 5.73 Å². The Labute approximate surface area is 517 Å². The third-order valence-corrected chi connectivity index (χ3v) is 10.9. The fourth-order valence-corrected chi connectivity index (χ4v) is 5.76. The average Bonchev–Trinajstić information content (AvgIpc) is 3.35. The summed E-state index contributed by atoms with van der Waals surface area (Å²) in [6.07, 6.45) is 6.95. The molecule has 4 rings (SSSR count). The summed E-state index contributed by atoms with van der Waals surface area (Å²) >= 11 is 5.12. The van der Waals surface area contributed by atoms with Crippen LogP contribution in [0.2, 0.25) is 0 Å². The first-order valence-electron chi connectivity index (χ1n) is 19.9. The summed E-state index contributed by atoms with van der Waals surface area (Å²) in [5, 5.41) is 0. The van der Waals surface area contributed by atoms with E-state index in [0.29, 0.717) is 29.5 Å². The second-order valence-electron chi connectivity index (χ2n) is 12.8. The zero-order valence-electron chi connectivity index (χ0n) is 43.9. The third-order valence-electron chi connectivity index (χ3n) is 8.21. The number of hydrogen-bond acceptors (Lipinski definition) is 18. The molecule has 0 aliphatic rings. The van der Waals surface area contributed by atoms with Crippen molar-refractivity contribution in [2.75, 3.05) is 88.2 Å². The van der Waals surface area contributed by atoms with E-state index >= 15 is 0 Å². The Morgan fingerprint density at radius 1 is 0.542 bits per heavy atom. The Bertz CT molecular complexity index is 2360. The van der Waals surface area contributed by atoms with Gasteiger partial charge in [-0.2, -0.15) is 19.6 Å². The number of ether oxygens (including phenoxy) is 8. The molecule has 5 N–H and O–H groups in total. The largest absolute Gasteiger partial charge is 0.497 e. The maximum absolute atomic E-state index is 11.3. The van der Waals surface area contributed by atoms with Gasteiger partial charge in [-0.25, -0.2) is 30.0 Å². The fourth-order valence-electron chi connectivity index (χ4n) is 4.66. The van der Waals surface area contributed by atoms with Gasteiger partial charge < -0.3 is 59.6 Å². The van der Waals surface area contributed by atoms with E-state index in [2.05, 4.69) is 43.1 Å². The van der Waals surface area contributed by atoms with Crippen molar-refractivity contribution in [2.45, 2.75) is 33.1 Å². The Morgan fingerprint density at radius 3 is 1.10 bits per heavy atom. The molecule has 0 saturated heterocycles. The molecule has 405 valence electrons. The van der Waals surface area contributed by atoms with Gasteiger partial charge in [0.15, 0.2) is 20.0 Å². The van der Waals surface area contributed by atoms with Gasteiger partial charge in [-0.3, -0.25) is 18.8 Å². The van der Waals surface area contributed by atoms with E-state index < -0.39 is 30.1 Å². The summed E-state index contributed by atoms with van der Waals surface area (Å²) < 4.78 is 113. The van der Waals surface area contributed by atoms with E-state index in [1.807, 2.05) is 47.4 Å². The van der Waals surface area contributed by atoms with Crippen LogP contribution in [-0.4, -0.2) is 118 Å². The minimum atomic E-state index is -3.31. The second-order valence-corrected chi connectivity index (χ2v) is 19.2. The molecular formula is C45H74N5O14S5Y3-3. The van der Waals surface area contributed by atoms with Crippen LogP contribution in [0.25, 0.3) is 0 Å². The molecule has 0 aliphatic heterocycles. The van der Waals surface area contributed by atoms with Crippen molar-refractivity contribution in [3.63, 3.8) is 0 Å². The van der Waals surface area contributed by atoms with Crippen molar-refractivity contribution >= 4 is 54.6 Å². The molecule has 4 aromatic carbocycles. The van der Waals surface area contributed by atoms with Crippen LogP contribution in [0.5, 0.6) is 46.0 Å². The van der Waals surface area contributed by atoms with Crippen LogP contribution < -0.4 is 57.8 Å². The fraction of sp³-hybridized carbons (Fsp3) is 0.400. The number of sulfonamides is 3. The molecule has 0 amide bonds. The standard InChI is InChI=1S/C11H16NO4S.C10H15NO4S.C10H15NO2S.C9H13NO2.C2H6NO2S.C2H5.CH4S.3Y/c1-12(17(4,13)14)8-9-5-6-10(15-2)7-11(9)16-3;1-14-9-5-4-8(10(6-9)15-2)7-11-16(3,12)13;1-12-9-5-4-8(7-11-14-3)10(6-9)13-2;1-11-8-4-3-7(6-10)9(5-8)12-2;1-3-6(2,4)5;2*1-2;;;/h5-7H,1,8H2,2-4H3;4-6,11H,7H2,1-3H3;4-6,11H,7H2,1-3H3;3-5H,6,10H2,1-2H3;3H,1H2,2H3;1H2,2H3;2H,1H3;;;/q-1;;;;2*-1;;;;. The molecule has 19 nitrogen and oxygen atoms in total. The quantitative estimate of drug-likeness (QED) is 0.0414.